The molecule has 0 amide bonds. The van der Waals surface area contributed by atoms with Crippen LogP contribution in [0.25, 0.3) is 0 Å². The Morgan fingerprint density at radius 3 is 2.87 bits per heavy atom. The largest absolute Gasteiger partial charge is 0.300 e. The van der Waals surface area contributed by atoms with Crippen LogP contribution in [0.3, 0.4) is 0 Å². The van der Waals surface area contributed by atoms with E-state index in [1.54, 1.807) is 12.1 Å². The Labute approximate surface area is 90.9 Å². The van der Waals surface area contributed by atoms with Gasteiger partial charge in [-0.15, -0.1) is 0 Å². The molecule has 2 heteroatoms. The topological polar surface area (TPSA) is 3.24 Å². The highest BCUT2D eigenvalue weighted by atomic mass is 19.1. The fraction of sp³-hybridized carbons (Fsp3) is 0.538. The molecule has 0 saturated carbocycles. The molecule has 1 fully saturated rings. The minimum atomic E-state index is -0.0654. The van der Waals surface area contributed by atoms with Gasteiger partial charge in [-0.1, -0.05) is 18.2 Å². The first-order chi connectivity index (χ1) is 7.27. The number of hydrogen-bond acceptors (Lipinski definition) is 1. The van der Waals surface area contributed by atoms with E-state index in [2.05, 4.69) is 11.8 Å². The highest BCUT2D eigenvalue weighted by Crippen LogP contribution is 2.17. The van der Waals surface area contributed by atoms with Crippen LogP contribution in [-0.4, -0.2) is 24.0 Å². The molecule has 1 aromatic rings. The molecule has 0 spiro atoms. The zero-order chi connectivity index (χ0) is 10.7. The maximum absolute atomic E-state index is 13.3. The van der Waals surface area contributed by atoms with Gasteiger partial charge < -0.3 is 4.90 Å². The normalized spacial score (nSPS) is 22.1. The van der Waals surface area contributed by atoms with Gasteiger partial charge >= 0.3 is 0 Å². The van der Waals surface area contributed by atoms with Gasteiger partial charge in [0.25, 0.3) is 0 Å². The Hall–Kier alpha value is -0.890. The third kappa shape index (κ3) is 2.57. The smallest absolute Gasteiger partial charge is 0.126 e. The van der Waals surface area contributed by atoms with Crippen molar-refractivity contribution in [2.24, 2.45) is 0 Å². The molecular formula is C13H18FN. The Balaban J connectivity index is 1.90. The van der Waals surface area contributed by atoms with Crippen LogP contribution >= 0.6 is 0 Å². The van der Waals surface area contributed by atoms with Crippen LogP contribution in [0.5, 0.6) is 0 Å². The molecule has 82 valence electrons. The van der Waals surface area contributed by atoms with E-state index in [-0.39, 0.29) is 5.82 Å². The fourth-order valence-corrected chi connectivity index (χ4v) is 2.29. The average Bonchev–Trinajstić information content (AvgIpc) is 2.63. The summed E-state index contributed by atoms with van der Waals surface area (Å²) in [6, 6.07) is 7.76. The van der Waals surface area contributed by atoms with Gasteiger partial charge in [-0.3, -0.25) is 0 Å². The van der Waals surface area contributed by atoms with E-state index in [9.17, 15) is 4.39 Å². The minimum Gasteiger partial charge on any atom is -0.300 e. The monoisotopic (exact) mass is 207 g/mol. The molecule has 1 aliphatic heterocycles. The Morgan fingerprint density at radius 1 is 1.40 bits per heavy atom. The molecule has 1 saturated heterocycles. The summed E-state index contributed by atoms with van der Waals surface area (Å²) in [5.74, 6) is -0.0654. The molecule has 0 bridgehead atoms. The van der Waals surface area contributed by atoms with E-state index in [4.69, 9.17) is 0 Å². The molecule has 1 aromatic carbocycles. The van der Waals surface area contributed by atoms with Crippen molar-refractivity contribution in [3.63, 3.8) is 0 Å². The molecule has 1 atom stereocenters. The molecule has 0 N–H and O–H groups in total. The van der Waals surface area contributed by atoms with Crippen molar-refractivity contribution in [2.75, 3.05) is 13.1 Å². The van der Waals surface area contributed by atoms with Crippen LogP contribution < -0.4 is 0 Å². The van der Waals surface area contributed by atoms with E-state index in [1.807, 2.05) is 12.1 Å². The first kappa shape index (κ1) is 10.6. The lowest BCUT2D eigenvalue weighted by Gasteiger charge is -2.20. The number of rotatable bonds is 3. The van der Waals surface area contributed by atoms with E-state index in [0.717, 1.165) is 18.5 Å². The molecule has 1 nitrogen and oxygen atoms in total. The maximum Gasteiger partial charge on any atom is 0.126 e. The third-order valence-corrected chi connectivity index (χ3v) is 3.32. The predicted molar refractivity (Wildman–Crippen MR) is 60.4 cm³/mol. The highest BCUT2D eigenvalue weighted by Gasteiger charge is 2.19. The molecule has 0 aliphatic carbocycles. The lowest BCUT2D eigenvalue weighted by atomic mass is 10.1. The average molecular weight is 207 g/mol. The number of nitrogens with zero attached hydrogens (tertiary/aromatic N) is 1. The summed E-state index contributed by atoms with van der Waals surface area (Å²) < 4.78 is 13.3. The number of hydrogen-bond donors (Lipinski definition) is 0. The van der Waals surface area contributed by atoms with E-state index >= 15 is 0 Å². The summed E-state index contributed by atoms with van der Waals surface area (Å²) in [6.07, 6.45) is 3.41. The summed E-state index contributed by atoms with van der Waals surface area (Å²) in [5, 5.41) is 0. The molecule has 1 unspecified atom stereocenters. The van der Waals surface area contributed by atoms with Crippen LogP contribution in [0, 0.1) is 5.82 Å². The van der Waals surface area contributed by atoms with Crippen molar-refractivity contribution < 1.29 is 4.39 Å². The second-order valence-electron chi connectivity index (χ2n) is 4.37. The minimum absolute atomic E-state index is 0.0654. The fourth-order valence-electron chi connectivity index (χ4n) is 2.29. The third-order valence-electron chi connectivity index (χ3n) is 3.32. The van der Waals surface area contributed by atoms with Gasteiger partial charge in [0.2, 0.25) is 0 Å². The molecule has 0 radical (unpaired) electrons. The van der Waals surface area contributed by atoms with Crippen molar-refractivity contribution in [1.29, 1.82) is 0 Å². The molecule has 0 aromatic heterocycles. The summed E-state index contributed by atoms with van der Waals surface area (Å²) in [5.41, 5.74) is 0.844. The van der Waals surface area contributed by atoms with Gasteiger partial charge in [-0.05, 0) is 44.4 Å². The lowest BCUT2D eigenvalue weighted by molar-refractivity contribution is 0.271. The van der Waals surface area contributed by atoms with E-state index in [1.165, 1.54) is 19.4 Å². The highest BCUT2D eigenvalue weighted by molar-refractivity contribution is 5.17. The molecule has 1 heterocycles. The van der Waals surface area contributed by atoms with Crippen molar-refractivity contribution in [3.8, 4) is 0 Å². The van der Waals surface area contributed by atoms with Gasteiger partial charge in [0.05, 0.1) is 0 Å². The zero-order valence-corrected chi connectivity index (χ0v) is 9.25. The molecule has 15 heavy (non-hydrogen) atoms. The first-order valence-electron chi connectivity index (χ1n) is 5.75. The second-order valence-corrected chi connectivity index (χ2v) is 4.37. The summed E-state index contributed by atoms with van der Waals surface area (Å²) in [7, 11) is 0. The summed E-state index contributed by atoms with van der Waals surface area (Å²) in [4.78, 5) is 2.45. The van der Waals surface area contributed by atoms with Crippen molar-refractivity contribution in [2.45, 2.75) is 32.2 Å². The van der Waals surface area contributed by atoms with Gasteiger partial charge in [0.15, 0.2) is 0 Å². The van der Waals surface area contributed by atoms with Gasteiger partial charge in [-0.2, -0.15) is 0 Å². The Kier molecular flexibility index (Phi) is 3.37. The van der Waals surface area contributed by atoms with Crippen LogP contribution in [0.4, 0.5) is 4.39 Å². The van der Waals surface area contributed by atoms with Crippen LogP contribution in [0.2, 0.25) is 0 Å². The zero-order valence-electron chi connectivity index (χ0n) is 9.25. The molecule has 1 aliphatic rings. The summed E-state index contributed by atoms with van der Waals surface area (Å²) >= 11 is 0. The van der Waals surface area contributed by atoms with Crippen LogP contribution in [-0.2, 0) is 6.42 Å². The maximum atomic E-state index is 13.3. The van der Waals surface area contributed by atoms with Gasteiger partial charge in [-0.25, -0.2) is 4.39 Å². The Bertz CT molecular complexity index is 324. The van der Waals surface area contributed by atoms with E-state index in [0.29, 0.717) is 6.04 Å². The SMILES string of the molecule is CC1CCCN1CCc1ccccc1F. The lowest BCUT2D eigenvalue weighted by Crippen LogP contribution is -2.29. The number of halogens is 1. The van der Waals surface area contributed by atoms with Crippen LogP contribution in [0.15, 0.2) is 24.3 Å². The summed E-state index contributed by atoms with van der Waals surface area (Å²) in [6.45, 7) is 4.42. The van der Waals surface area contributed by atoms with Crippen molar-refractivity contribution >= 4 is 0 Å². The molecular weight excluding hydrogens is 189 g/mol. The van der Waals surface area contributed by atoms with Gasteiger partial charge in [0, 0.05) is 12.6 Å². The second kappa shape index (κ2) is 4.75. The number of benzene rings is 1. The standard InChI is InChI=1S/C13H18FN/c1-11-5-4-9-15(11)10-8-12-6-2-3-7-13(12)14/h2-3,6-7,11H,4-5,8-10H2,1H3. The number of likely N-dealkylation sites (tertiary alicyclic amines) is 1. The Morgan fingerprint density at radius 2 is 2.20 bits per heavy atom. The van der Waals surface area contributed by atoms with Crippen molar-refractivity contribution in [1.82, 2.24) is 4.90 Å². The predicted octanol–water partition coefficient (Wildman–Crippen LogP) is 2.85. The van der Waals surface area contributed by atoms with Crippen LogP contribution in [0.1, 0.15) is 25.3 Å². The molecule has 2 rings (SSSR count). The quantitative estimate of drug-likeness (QED) is 0.736. The van der Waals surface area contributed by atoms with E-state index < -0.39 is 0 Å². The van der Waals surface area contributed by atoms with Gasteiger partial charge in [0.1, 0.15) is 5.82 Å². The van der Waals surface area contributed by atoms with Crippen molar-refractivity contribution in [3.05, 3.63) is 35.6 Å². The first-order valence-corrected chi connectivity index (χ1v) is 5.75.